The Morgan fingerprint density at radius 2 is 2.13 bits per heavy atom. The molecular formula is C16H20N2O5. The fourth-order valence-corrected chi connectivity index (χ4v) is 4.78. The van der Waals surface area contributed by atoms with Crippen LogP contribution in [0.1, 0.15) is 33.1 Å². The number of ether oxygens (including phenoxy) is 2. The van der Waals surface area contributed by atoms with E-state index in [-0.39, 0.29) is 11.8 Å². The Labute approximate surface area is 133 Å². The number of fused-ring (bicyclic) bond motifs is 2. The molecule has 7 nitrogen and oxygen atoms in total. The van der Waals surface area contributed by atoms with E-state index < -0.39 is 34.8 Å². The van der Waals surface area contributed by atoms with Crippen LogP contribution in [0.3, 0.4) is 0 Å². The molecule has 3 heterocycles. The Balaban J connectivity index is 1.81. The molecule has 23 heavy (non-hydrogen) atoms. The Morgan fingerprint density at radius 1 is 1.35 bits per heavy atom. The molecule has 0 aromatic heterocycles. The molecule has 0 radical (unpaired) electrons. The number of hydrogen-bond donors (Lipinski definition) is 1. The summed E-state index contributed by atoms with van der Waals surface area (Å²) in [5, 5.41) is 19.6. The summed E-state index contributed by atoms with van der Waals surface area (Å²) in [5.41, 5.74) is -3.68. The van der Waals surface area contributed by atoms with Gasteiger partial charge < -0.3 is 14.6 Å². The van der Waals surface area contributed by atoms with Crippen molar-refractivity contribution in [3.05, 3.63) is 12.2 Å². The molecule has 6 atom stereocenters. The Bertz CT molecular complexity index is 642. The molecule has 2 fully saturated rings. The molecule has 4 aliphatic rings. The van der Waals surface area contributed by atoms with Crippen molar-refractivity contribution in [3.63, 3.8) is 0 Å². The highest BCUT2D eigenvalue weighted by atomic mass is 16.6. The monoisotopic (exact) mass is 320 g/mol. The van der Waals surface area contributed by atoms with Crippen molar-refractivity contribution in [3.8, 4) is 0 Å². The molecule has 0 amide bonds. The highest BCUT2D eigenvalue weighted by Crippen LogP contribution is 2.55. The van der Waals surface area contributed by atoms with E-state index in [0.717, 1.165) is 0 Å². The first-order chi connectivity index (χ1) is 10.8. The van der Waals surface area contributed by atoms with Gasteiger partial charge in [0.2, 0.25) is 0 Å². The number of carbonyl (C=O) groups excluding carboxylic acids is 2. The Hall–Kier alpha value is -1.76. The van der Waals surface area contributed by atoms with Crippen LogP contribution in [0, 0.1) is 11.8 Å². The van der Waals surface area contributed by atoms with Gasteiger partial charge in [-0.05, 0) is 25.8 Å². The minimum Gasteiger partial charge on any atom is -0.457 e. The molecule has 4 rings (SSSR count). The largest absolute Gasteiger partial charge is 0.457 e. The number of azo groups is 1. The van der Waals surface area contributed by atoms with Crippen LogP contribution in [-0.2, 0) is 19.1 Å². The molecule has 124 valence electrons. The third-order valence-corrected chi connectivity index (χ3v) is 6.13. The topological polar surface area (TPSA) is 97.5 Å². The van der Waals surface area contributed by atoms with Gasteiger partial charge in [0.25, 0.3) is 0 Å². The lowest BCUT2D eigenvalue weighted by Gasteiger charge is -2.45. The lowest BCUT2D eigenvalue weighted by Crippen LogP contribution is -2.62. The van der Waals surface area contributed by atoms with Gasteiger partial charge in [0.1, 0.15) is 11.7 Å². The zero-order valence-corrected chi connectivity index (χ0v) is 13.2. The van der Waals surface area contributed by atoms with Gasteiger partial charge in [0.05, 0.1) is 6.54 Å². The molecule has 1 saturated heterocycles. The van der Waals surface area contributed by atoms with Crippen molar-refractivity contribution in [2.75, 3.05) is 6.54 Å². The predicted molar refractivity (Wildman–Crippen MR) is 77.4 cm³/mol. The maximum absolute atomic E-state index is 12.5. The molecule has 1 unspecified atom stereocenters. The fourth-order valence-electron chi connectivity index (χ4n) is 4.78. The molecule has 0 aromatic rings. The molecule has 0 bridgehead atoms. The van der Waals surface area contributed by atoms with Crippen LogP contribution in [0.15, 0.2) is 22.4 Å². The summed E-state index contributed by atoms with van der Waals surface area (Å²) in [6.45, 7) is 4.03. The van der Waals surface area contributed by atoms with E-state index >= 15 is 0 Å². The van der Waals surface area contributed by atoms with E-state index in [1.807, 2.05) is 6.92 Å². The van der Waals surface area contributed by atoms with Crippen LogP contribution in [0.5, 0.6) is 0 Å². The van der Waals surface area contributed by atoms with E-state index in [4.69, 9.17) is 9.47 Å². The standard InChI is InChI=1S/C16H20N2O5/c1-9-3-4-10-12(22-13(20)15(10)7-8-17-18-15)14(2,21)16(9)6-5-11(19)23-16/h5-6,9-10,12,21H,3-4,7-8H2,1-2H3/t9-,10+,12+,14-,15?,16+/m0/s1. The zero-order chi connectivity index (χ0) is 16.5. The van der Waals surface area contributed by atoms with E-state index in [1.165, 1.54) is 6.08 Å². The van der Waals surface area contributed by atoms with E-state index in [0.29, 0.717) is 25.8 Å². The van der Waals surface area contributed by atoms with Gasteiger partial charge in [-0.3, -0.25) is 0 Å². The zero-order valence-electron chi connectivity index (χ0n) is 13.2. The van der Waals surface area contributed by atoms with E-state index in [1.54, 1.807) is 13.0 Å². The lowest BCUT2D eigenvalue weighted by molar-refractivity contribution is -0.208. The summed E-state index contributed by atoms with van der Waals surface area (Å²) in [7, 11) is 0. The summed E-state index contributed by atoms with van der Waals surface area (Å²) in [5.74, 6) is -1.26. The molecule has 2 spiro atoms. The quantitative estimate of drug-likeness (QED) is 0.675. The molecule has 7 heteroatoms. The van der Waals surface area contributed by atoms with Gasteiger partial charge >= 0.3 is 11.9 Å². The number of rotatable bonds is 0. The van der Waals surface area contributed by atoms with Crippen molar-refractivity contribution in [2.24, 2.45) is 22.1 Å². The smallest absolute Gasteiger partial charge is 0.336 e. The maximum Gasteiger partial charge on any atom is 0.336 e. The molecule has 3 aliphatic heterocycles. The van der Waals surface area contributed by atoms with Gasteiger partial charge in [0.15, 0.2) is 11.1 Å². The van der Waals surface area contributed by atoms with Crippen LogP contribution >= 0.6 is 0 Å². The average Bonchev–Trinajstić information content (AvgIpc) is 3.18. The van der Waals surface area contributed by atoms with Gasteiger partial charge in [-0.1, -0.05) is 6.92 Å². The first-order valence-corrected chi connectivity index (χ1v) is 8.08. The fraction of sp³-hybridized carbons (Fsp3) is 0.750. The summed E-state index contributed by atoms with van der Waals surface area (Å²) in [4.78, 5) is 24.2. The van der Waals surface area contributed by atoms with E-state index in [9.17, 15) is 14.7 Å². The third-order valence-electron chi connectivity index (χ3n) is 6.13. The second-order valence-electron chi connectivity index (χ2n) is 7.25. The lowest BCUT2D eigenvalue weighted by atomic mass is 9.70. The van der Waals surface area contributed by atoms with Crippen molar-refractivity contribution < 1.29 is 24.2 Å². The van der Waals surface area contributed by atoms with Gasteiger partial charge in [-0.25, -0.2) is 9.59 Å². The SMILES string of the molecule is C[C@H]1CC[C@@H]2[C@@H](OC(=O)C23CCN=N3)[C@](C)(O)[C@@]12C=CC(=O)O2. The molecule has 1 aliphatic carbocycles. The highest BCUT2D eigenvalue weighted by Gasteiger charge is 2.70. The van der Waals surface area contributed by atoms with Crippen LogP contribution in [-0.4, -0.2) is 46.4 Å². The van der Waals surface area contributed by atoms with Crippen molar-refractivity contribution >= 4 is 11.9 Å². The number of aliphatic hydroxyl groups is 1. The van der Waals surface area contributed by atoms with Crippen LogP contribution in [0.25, 0.3) is 0 Å². The second-order valence-corrected chi connectivity index (χ2v) is 7.25. The normalized spacial score (nSPS) is 51.2. The second kappa shape index (κ2) is 4.41. The molecule has 0 aromatic carbocycles. The molecule has 1 N–H and O–H groups in total. The minimum absolute atomic E-state index is 0.0973. The molecule has 1 saturated carbocycles. The summed E-state index contributed by atoms with van der Waals surface area (Å²) < 4.78 is 11.1. The predicted octanol–water partition coefficient (Wildman–Crippen LogP) is 1.16. The summed E-state index contributed by atoms with van der Waals surface area (Å²) in [6, 6.07) is 0. The van der Waals surface area contributed by atoms with E-state index in [2.05, 4.69) is 10.2 Å². The highest BCUT2D eigenvalue weighted by molar-refractivity contribution is 5.86. The van der Waals surface area contributed by atoms with Crippen LogP contribution < -0.4 is 0 Å². The number of carbonyl (C=O) groups is 2. The average molecular weight is 320 g/mol. The Morgan fingerprint density at radius 3 is 2.74 bits per heavy atom. The molecular weight excluding hydrogens is 300 g/mol. The number of hydrogen-bond acceptors (Lipinski definition) is 7. The Kier molecular flexibility index (Phi) is 2.84. The van der Waals surface area contributed by atoms with Crippen LogP contribution in [0.4, 0.5) is 0 Å². The minimum atomic E-state index is -1.52. The van der Waals surface area contributed by atoms with Crippen molar-refractivity contribution in [1.82, 2.24) is 0 Å². The third kappa shape index (κ3) is 1.63. The van der Waals surface area contributed by atoms with Gasteiger partial charge in [-0.2, -0.15) is 10.2 Å². The van der Waals surface area contributed by atoms with Crippen molar-refractivity contribution in [2.45, 2.75) is 56.0 Å². The van der Waals surface area contributed by atoms with Crippen molar-refractivity contribution in [1.29, 1.82) is 0 Å². The van der Waals surface area contributed by atoms with Gasteiger partial charge in [0, 0.05) is 24.3 Å². The number of esters is 2. The maximum atomic E-state index is 12.5. The summed E-state index contributed by atoms with van der Waals surface area (Å²) >= 11 is 0. The first kappa shape index (κ1) is 14.8. The summed E-state index contributed by atoms with van der Waals surface area (Å²) in [6.07, 6.45) is 4.07. The number of nitrogens with zero attached hydrogens (tertiary/aromatic N) is 2. The van der Waals surface area contributed by atoms with Crippen LogP contribution in [0.2, 0.25) is 0 Å². The first-order valence-electron chi connectivity index (χ1n) is 8.08. The van der Waals surface area contributed by atoms with Gasteiger partial charge in [-0.15, -0.1) is 0 Å².